The maximum Gasteiger partial charge on any atom is 0.419 e. The van der Waals surface area contributed by atoms with Crippen LogP contribution in [0.4, 0.5) is 45.2 Å². The van der Waals surface area contributed by atoms with Gasteiger partial charge in [-0.1, -0.05) is 0 Å². The SMILES string of the molecule is N#Cc1c(C(F)(F)F)c(N)c(C(F)(F)F)c(C#N)c1C(F)(F)F. The van der Waals surface area contributed by atoms with Crippen molar-refractivity contribution in [3.8, 4) is 12.1 Å². The fourth-order valence-electron chi connectivity index (χ4n) is 1.87. The first-order valence-corrected chi connectivity index (χ1v) is 5.19. The third-order valence-electron chi connectivity index (χ3n) is 2.61. The molecule has 0 radical (unpaired) electrons. The van der Waals surface area contributed by atoms with Crippen molar-refractivity contribution in [2.75, 3.05) is 5.73 Å². The van der Waals surface area contributed by atoms with Gasteiger partial charge < -0.3 is 5.73 Å². The fraction of sp³-hybridized carbons (Fsp3) is 0.273. The lowest BCUT2D eigenvalue weighted by atomic mass is 9.89. The molecular formula is C11H2F9N3. The molecule has 12 heteroatoms. The van der Waals surface area contributed by atoms with E-state index in [1.165, 1.54) is 0 Å². The molecule has 0 aliphatic heterocycles. The van der Waals surface area contributed by atoms with Crippen LogP contribution >= 0.6 is 0 Å². The summed E-state index contributed by atoms with van der Waals surface area (Å²) in [7, 11) is 0. The number of nitrogen functional groups attached to an aromatic ring is 1. The van der Waals surface area contributed by atoms with Crippen molar-refractivity contribution in [2.24, 2.45) is 0 Å². The Morgan fingerprint density at radius 2 is 0.870 bits per heavy atom. The minimum atomic E-state index is -5.82. The molecule has 0 bridgehead atoms. The van der Waals surface area contributed by atoms with Crippen LogP contribution < -0.4 is 5.73 Å². The molecule has 124 valence electrons. The average molecular weight is 347 g/mol. The second kappa shape index (κ2) is 5.22. The van der Waals surface area contributed by atoms with E-state index in [2.05, 4.69) is 0 Å². The molecule has 1 aromatic carbocycles. The number of nitriles is 2. The molecule has 0 fully saturated rings. The smallest absolute Gasteiger partial charge is 0.398 e. The summed E-state index contributed by atoms with van der Waals surface area (Å²) in [6, 6.07) is 1.07. The monoisotopic (exact) mass is 347 g/mol. The van der Waals surface area contributed by atoms with Crippen LogP contribution in [0.1, 0.15) is 27.8 Å². The largest absolute Gasteiger partial charge is 0.419 e. The van der Waals surface area contributed by atoms with Crippen LogP contribution in [-0.2, 0) is 18.5 Å². The molecule has 0 amide bonds. The van der Waals surface area contributed by atoms with E-state index < -0.39 is 52.0 Å². The maximum absolute atomic E-state index is 12.9. The lowest BCUT2D eigenvalue weighted by Crippen LogP contribution is -2.24. The number of halogens is 9. The van der Waals surface area contributed by atoms with Gasteiger partial charge in [-0.05, 0) is 0 Å². The maximum atomic E-state index is 12.9. The molecule has 0 unspecified atom stereocenters. The highest BCUT2D eigenvalue weighted by Crippen LogP contribution is 2.49. The predicted octanol–water partition coefficient (Wildman–Crippen LogP) is 4.07. The second-order valence-corrected chi connectivity index (χ2v) is 4.01. The topological polar surface area (TPSA) is 73.6 Å². The molecule has 1 rings (SSSR count). The normalized spacial score (nSPS) is 12.7. The third kappa shape index (κ3) is 3.11. The number of hydrogen-bond acceptors (Lipinski definition) is 3. The van der Waals surface area contributed by atoms with E-state index in [1.807, 2.05) is 0 Å². The molecule has 0 saturated heterocycles. The van der Waals surface area contributed by atoms with Crippen LogP contribution in [0.3, 0.4) is 0 Å². The number of rotatable bonds is 0. The molecule has 0 saturated carbocycles. The Morgan fingerprint density at radius 3 is 1.04 bits per heavy atom. The molecule has 0 aliphatic carbocycles. The van der Waals surface area contributed by atoms with E-state index in [4.69, 9.17) is 16.3 Å². The van der Waals surface area contributed by atoms with Crippen LogP contribution in [0.5, 0.6) is 0 Å². The highest BCUT2D eigenvalue weighted by Gasteiger charge is 2.50. The third-order valence-corrected chi connectivity index (χ3v) is 2.61. The van der Waals surface area contributed by atoms with E-state index >= 15 is 0 Å². The lowest BCUT2D eigenvalue weighted by Gasteiger charge is -2.22. The Morgan fingerprint density at radius 1 is 0.609 bits per heavy atom. The minimum Gasteiger partial charge on any atom is -0.398 e. The number of anilines is 1. The van der Waals surface area contributed by atoms with Crippen LogP contribution in [0, 0.1) is 22.7 Å². The molecule has 0 aliphatic rings. The Labute approximate surface area is 121 Å². The molecular weight excluding hydrogens is 345 g/mol. The first-order valence-electron chi connectivity index (χ1n) is 5.19. The van der Waals surface area contributed by atoms with Gasteiger partial charge in [0.15, 0.2) is 0 Å². The number of benzene rings is 1. The summed E-state index contributed by atoms with van der Waals surface area (Å²) >= 11 is 0. The molecule has 0 aromatic heterocycles. The van der Waals surface area contributed by atoms with Gasteiger partial charge in [0.25, 0.3) is 0 Å². The summed E-state index contributed by atoms with van der Waals surface area (Å²) < 4.78 is 116. The van der Waals surface area contributed by atoms with Gasteiger partial charge >= 0.3 is 18.5 Å². The van der Waals surface area contributed by atoms with E-state index in [0.29, 0.717) is 12.1 Å². The zero-order valence-electron chi connectivity index (χ0n) is 10.4. The number of hydrogen-bond donors (Lipinski definition) is 1. The van der Waals surface area contributed by atoms with E-state index in [1.54, 1.807) is 0 Å². The molecule has 23 heavy (non-hydrogen) atoms. The molecule has 0 spiro atoms. The number of nitrogens with two attached hydrogens (primary N) is 1. The lowest BCUT2D eigenvalue weighted by molar-refractivity contribution is -0.148. The summed E-state index contributed by atoms with van der Waals surface area (Å²) in [5.41, 5.74) is -9.62. The second-order valence-electron chi connectivity index (χ2n) is 4.01. The summed E-state index contributed by atoms with van der Waals surface area (Å²) in [6.45, 7) is 0. The van der Waals surface area contributed by atoms with Crippen molar-refractivity contribution in [2.45, 2.75) is 18.5 Å². The van der Waals surface area contributed by atoms with Crippen LogP contribution in [0.2, 0.25) is 0 Å². The Hall–Kier alpha value is -2.63. The van der Waals surface area contributed by atoms with E-state index in [-0.39, 0.29) is 0 Å². The van der Waals surface area contributed by atoms with E-state index in [9.17, 15) is 39.5 Å². The van der Waals surface area contributed by atoms with Crippen molar-refractivity contribution in [1.29, 1.82) is 10.5 Å². The first-order chi connectivity index (χ1) is 10.2. The van der Waals surface area contributed by atoms with Gasteiger partial charge in [0.1, 0.15) is 12.1 Å². The highest BCUT2D eigenvalue weighted by molar-refractivity contribution is 5.71. The zero-order chi connectivity index (χ0) is 18.4. The summed E-state index contributed by atoms with van der Waals surface area (Å²) in [6.07, 6.45) is -17.4. The summed E-state index contributed by atoms with van der Waals surface area (Å²) in [4.78, 5) is 0. The molecule has 3 nitrogen and oxygen atoms in total. The van der Waals surface area contributed by atoms with Crippen molar-refractivity contribution < 1.29 is 39.5 Å². The molecule has 1 aromatic rings. The van der Waals surface area contributed by atoms with E-state index in [0.717, 1.165) is 0 Å². The number of nitrogens with zero attached hydrogens (tertiary/aromatic N) is 2. The Bertz CT molecular complexity index is 673. The summed E-state index contributed by atoms with van der Waals surface area (Å²) in [5, 5.41) is 17.1. The van der Waals surface area contributed by atoms with Gasteiger partial charge in [0.2, 0.25) is 0 Å². The van der Waals surface area contributed by atoms with Crippen molar-refractivity contribution >= 4 is 5.69 Å². The Kier molecular flexibility index (Phi) is 4.18. The van der Waals surface area contributed by atoms with Gasteiger partial charge in [-0.25, -0.2) is 0 Å². The van der Waals surface area contributed by atoms with Crippen LogP contribution in [0.15, 0.2) is 0 Å². The van der Waals surface area contributed by atoms with Crippen LogP contribution in [-0.4, -0.2) is 0 Å². The molecule has 0 atom stereocenters. The van der Waals surface area contributed by atoms with Gasteiger partial charge in [-0.3, -0.25) is 0 Å². The number of alkyl halides is 9. The zero-order valence-corrected chi connectivity index (χ0v) is 10.4. The van der Waals surface area contributed by atoms with Crippen molar-refractivity contribution in [1.82, 2.24) is 0 Å². The Balaban J connectivity index is 4.31. The molecule has 0 heterocycles. The van der Waals surface area contributed by atoms with Crippen molar-refractivity contribution in [3.05, 3.63) is 27.8 Å². The van der Waals surface area contributed by atoms with Crippen LogP contribution in [0.25, 0.3) is 0 Å². The standard InChI is InChI=1S/C11H2F9N3/c12-9(13,14)5-3(1-21)6(10(15,16)17)8(23)7(4(5)2-22)11(18,19)20/h23H2. The van der Waals surface area contributed by atoms with Gasteiger partial charge in [0, 0.05) is 0 Å². The quantitative estimate of drug-likeness (QED) is 0.568. The van der Waals surface area contributed by atoms with Crippen molar-refractivity contribution in [3.63, 3.8) is 0 Å². The predicted molar refractivity (Wildman–Crippen MR) is 55.3 cm³/mol. The first kappa shape index (κ1) is 18.4. The summed E-state index contributed by atoms with van der Waals surface area (Å²) in [5.74, 6) is 0. The van der Waals surface area contributed by atoms with Gasteiger partial charge in [-0.15, -0.1) is 0 Å². The van der Waals surface area contributed by atoms with Gasteiger partial charge in [-0.2, -0.15) is 50.0 Å². The fourth-order valence-corrected chi connectivity index (χ4v) is 1.87. The average Bonchev–Trinajstić information content (AvgIpc) is 2.31. The molecule has 2 N–H and O–H groups in total. The highest BCUT2D eigenvalue weighted by atomic mass is 19.4. The minimum absolute atomic E-state index is 0.533. The van der Waals surface area contributed by atoms with Gasteiger partial charge in [0.05, 0.1) is 33.5 Å².